The average molecular weight is 292 g/mol. The Bertz CT molecular complexity index is 607. The lowest BCUT2D eigenvalue weighted by Gasteiger charge is -2.26. The quantitative estimate of drug-likeness (QED) is 0.890. The summed E-state index contributed by atoms with van der Waals surface area (Å²) in [5.41, 5.74) is 6.68. The summed E-state index contributed by atoms with van der Waals surface area (Å²) in [5, 5.41) is 9.89. The van der Waals surface area contributed by atoms with Crippen LogP contribution >= 0.6 is 11.3 Å². The fourth-order valence-electron chi connectivity index (χ4n) is 2.19. The van der Waals surface area contributed by atoms with Crippen molar-refractivity contribution in [3.8, 4) is 0 Å². The van der Waals surface area contributed by atoms with Gasteiger partial charge in [0.05, 0.1) is 5.69 Å². The monoisotopic (exact) mass is 292 g/mol. The van der Waals surface area contributed by atoms with Crippen molar-refractivity contribution < 1.29 is 9.90 Å². The summed E-state index contributed by atoms with van der Waals surface area (Å²) in [5.74, 6) is -0.0489. The molecule has 0 aliphatic heterocycles. The predicted octanol–water partition coefficient (Wildman–Crippen LogP) is 2.72. The van der Waals surface area contributed by atoms with E-state index in [0.29, 0.717) is 23.5 Å². The number of benzene rings is 1. The molecule has 20 heavy (non-hydrogen) atoms. The maximum absolute atomic E-state index is 12.7. The summed E-state index contributed by atoms with van der Waals surface area (Å²) in [6, 6.07) is 7.86. The Labute approximate surface area is 122 Å². The number of thiophene rings is 1. The molecule has 3 N–H and O–H groups in total. The molecule has 2 rings (SSSR count). The van der Waals surface area contributed by atoms with Gasteiger partial charge in [-0.1, -0.05) is 18.2 Å². The van der Waals surface area contributed by atoms with Gasteiger partial charge in [0, 0.05) is 29.3 Å². The Hall–Kier alpha value is -1.59. The van der Waals surface area contributed by atoms with Gasteiger partial charge < -0.3 is 15.7 Å². The van der Waals surface area contributed by atoms with E-state index >= 15 is 0 Å². The van der Waals surface area contributed by atoms with Crippen molar-refractivity contribution in [1.29, 1.82) is 0 Å². The molecule has 5 heteroatoms. The Morgan fingerprint density at radius 2 is 2.10 bits per heavy atom. The van der Waals surface area contributed by atoms with E-state index in [4.69, 9.17) is 10.8 Å². The zero-order valence-corrected chi connectivity index (χ0v) is 12.6. The van der Waals surface area contributed by atoms with Crippen molar-refractivity contribution in [2.75, 3.05) is 18.9 Å². The second-order valence-corrected chi connectivity index (χ2v) is 6.06. The van der Waals surface area contributed by atoms with Crippen LogP contribution in [-0.2, 0) is 0 Å². The summed E-state index contributed by atoms with van der Waals surface area (Å²) in [6.45, 7) is 4.57. The molecule has 0 radical (unpaired) electrons. The first-order valence-electron chi connectivity index (χ1n) is 6.75. The zero-order valence-electron chi connectivity index (χ0n) is 11.8. The maximum atomic E-state index is 12.7. The lowest BCUT2D eigenvalue weighted by atomic mass is 10.2. The first kappa shape index (κ1) is 14.8. The molecule has 4 nitrogen and oxygen atoms in total. The molecule has 0 fully saturated rings. The van der Waals surface area contributed by atoms with Crippen LogP contribution in [0.2, 0.25) is 0 Å². The minimum atomic E-state index is -0.0489. The summed E-state index contributed by atoms with van der Waals surface area (Å²) in [7, 11) is 0. The summed E-state index contributed by atoms with van der Waals surface area (Å²) >= 11 is 1.43. The van der Waals surface area contributed by atoms with Crippen LogP contribution in [-0.4, -0.2) is 35.1 Å². The lowest BCUT2D eigenvalue weighted by molar-refractivity contribution is 0.0699. The van der Waals surface area contributed by atoms with E-state index in [1.54, 1.807) is 4.90 Å². The number of anilines is 1. The molecule has 0 aliphatic rings. The molecule has 0 unspecified atom stereocenters. The first-order valence-corrected chi connectivity index (χ1v) is 7.56. The molecule has 108 valence electrons. The third-order valence-electron chi connectivity index (χ3n) is 3.27. The van der Waals surface area contributed by atoms with Crippen LogP contribution in [0.1, 0.15) is 29.9 Å². The predicted molar refractivity (Wildman–Crippen MR) is 84.1 cm³/mol. The van der Waals surface area contributed by atoms with Gasteiger partial charge in [-0.05, 0) is 26.3 Å². The topological polar surface area (TPSA) is 66.6 Å². The molecule has 1 amide bonds. The summed E-state index contributed by atoms with van der Waals surface area (Å²) in [4.78, 5) is 15.0. The van der Waals surface area contributed by atoms with Gasteiger partial charge in [0.2, 0.25) is 0 Å². The number of hydrogen-bond acceptors (Lipinski definition) is 4. The molecule has 1 heterocycles. The Kier molecular flexibility index (Phi) is 4.62. The number of hydrogen-bond donors (Lipinski definition) is 2. The molecule has 0 aliphatic carbocycles. The van der Waals surface area contributed by atoms with Crippen LogP contribution in [0.4, 0.5) is 5.69 Å². The van der Waals surface area contributed by atoms with E-state index in [9.17, 15) is 4.79 Å². The standard InChI is InChI=1S/C15H20N2O2S/c1-10(2)17(8-5-9-18)15(19)14-13(16)11-6-3-4-7-12(11)20-14/h3-4,6-7,10,18H,5,8-9,16H2,1-2H3. The summed E-state index contributed by atoms with van der Waals surface area (Å²) in [6.07, 6.45) is 0.578. The highest BCUT2D eigenvalue weighted by Crippen LogP contribution is 2.34. The molecule has 0 saturated carbocycles. The number of nitrogen functional groups attached to an aromatic ring is 1. The van der Waals surface area contributed by atoms with Crippen LogP contribution < -0.4 is 5.73 Å². The van der Waals surface area contributed by atoms with Gasteiger partial charge in [0.1, 0.15) is 4.88 Å². The Balaban J connectivity index is 2.36. The average Bonchev–Trinajstić information content (AvgIpc) is 2.76. The van der Waals surface area contributed by atoms with Crippen molar-refractivity contribution in [1.82, 2.24) is 4.90 Å². The van der Waals surface area contributed by atoms with E-state index in [2.05, 4.69) is 0 Å². The maximum Gasteiger partial charge on any atom is 0.266 e. The number of nitrogens with zero attached hydrogens (tertiary/aromatic N) is 1. The van der Waals surface area contributed by atoms with Gasteiger partial charge in [-0.25, -0.2) is 0 Å². The van der Waals surface area contributed by atoms with E-state index < -0.39 is 0 Å². The van der Waals surface area contributed by atoms with Crippen molar-refractivity contribution in [2.24, 2.45) is 0 Å². The molecular formula is C15H20N2O2S. The SMILES string of the molecule is CC(C)N(CCCO)C(=O)c1sc2ccccc2c1N. The van der Waals surface area contributed by atoms with Crippen molar-refractivity contribution in [3.63, 3.8) is 0 Å². The number of carbonyl (C=O) groups excluding carboxylic acids is 1. The molecule has 0 atom stereocenters. The second-order valence-electron chi connectivity index (χ2n) is 5.01. The van der Waals surface area contributed by atoms with Crippen LogP contribution in [0.3, 0.4) is 0 Å². The van der Waals surface area contributed by atoms with E-state index in [1.165, 1.54) is 11.3 Å². The highest BCUT2D eigenvalue weighted by molar-refractivity contribution is 7.21. The number of aliphatic hydroxyl groups is 1. The smallest absolute Gasteiger partial charge is 0.266 e. The third kappa shape index (κ3) is 2.78. The first-order chi connectivity index (χ1) is 9.56. The van der Waals surface area contributed by atoms with Gasteiger partial charge in [0.25, 0.3) is 5.91 Å². The van der Waals surface area contributed by atoms with Gasteiger partial charge in [-0.2, -0.15) is 0 Å². The highest BCUT2D eigenvalue weighted by atomic mass is 32.1. The number of nitrogens with two attached hydrogens (primary N) is 1. The van der Waals surface area contributed by atoms with Gasteiger partial charge >= 0.3 is 0 Å². The van der Waals surface area contributed by atoms with Crippen LogP contribution in [0, 0.1) is 0 Å². The minimum absolute atomic E-state index is 0.0489. The van der Waals surface area contributed by atoms with Crippen molar-refractivity contribution in [3.05, 3.63) is 29.1 Å². The van der Waals surface area contributed by atoms with E-state index in [1.807, 2.05) is 38.1 Å². The van der Waals surface area contributed by atoms with Crippen LogP contribution in [0.25, 0.3) is 10.1 Å². The normalized spacial score (nSPS) is 11.2. The van der Waals surface area contributed by atoms with Crippen molar-refractivity contribution in [2.45, 2.75) is 26.3 Å². The number of fused-ring (bicyclic) bond motifs is 1. The number of rotatable bonds is 5. The molecular weight excluding hydrogens is 272 g/mol. The minimum Gasteiger partial charge on any atom is -0.397 e. The summed E-state index contributed by atoms with van der Waals surface area (Å²) < 4.78 is 1.03. The van der Waals surface area contributed by atoms with E-state index in [0.717, 1.165) is 10.1 Å². The highest BCUT2D eigenvalue weighted by Gasteiger charge is 2.23. The number of aliphatic hydroxyl groups excluding tert-OH is 1. The number of carbonyl (C=O) groups is 1. The van der Waals surface area contributed by atoms with E-state index in [-0.39, 0.29) is 18.6 Å². The lowest BCUT2D eigenvalue weighted by Crippen LogP contribution is -2.37. The molecule has 1 aromatic carbocycles. The largest absolute Gasteiger partial charge is 0.397 e. The molecule has 0 bridgehead atoms. The Morgan fingerprint density at radius 3 is 2.70 bits per heavy atom. The fraction of sp³-hybridized carbons (Fsp3) is 0.400. The van der Waals surface area contributed by atoms with Gasteiger partial charge in [0.15, 0.2) is 0 Å². The zero-order chi connectivity index (χ0) is 14.7. The molecule has 2 aromatic rings. The molecule has 0 spiro atoms. The van der Waals surface area contributed by atoms with Crippen LogP contribution in [0.5, 0.6) is 0 Å². The number of amides is 1. The van der Waals surface area contributed by atoms with Gasteiger partial charge in [-0.15, -0.1) is 11.3 Å². The second kappa shape index (κ2) is 6.24. The Morgan fingerprint density at radius 1 is 1.40 bits per heavy atom. The van der Waals surface area contributed by atoms with Crippen molar-refractivity contribution >= 4 is 33.0 Å². The third-order valence-corrected chi connectivity index (χ3v) is 4.44. The molecule has 1 aromatic heterocycles. The van der Waals surface area contributed by atoms with Gasteiger partial charge in [-0.3, -0.25) is 4.79 Å². The molecule has 0 saturated heterocycles. The fourth-order valence-corrected chi connectivity index (χ4v) is 3.27. The van der Waals surface area contributed by atoms with Crippen LogP contribution in [0.15, 0.2) is 24.3 Å².